The molecule has 25 heavy (non-hydrogen) atoms. The Morgan fingerprint density at radius 1 is 1.20 bits per heavy atom. The van der Waals surface area contributed by atoms with Crippen molar-refractivity contribution >= 4 is 17.8 Å². The van der Waals surface area contributed by atoms with E-state index < -0.39 is 6.03 Å². The standard InChI is InChI=1S/C18H22FN3O3/c19-15-4-2-1-3-14(15)11-13-6-9-21(10-7-13)17(24)12-22-16(23)5-8-20-18(22)25/h1-4,13H,5-12H2,(H,20,25). The normalized spacial score (nSPS) is 19.1. The Morgan fingerprint density at radius 2 is 1.92 bits per heavy atom. The molecule has 0 spiro atoms. The zero-order valence-corrected chi connectivity index (χ0v) is 14.0. The zero-order valence-electron chi connectivity index (χ0n) is 14.0. The largest absolute Gasteiger partial charge is 0.341 e. The molecule has 2 saturated heterocycles. The lowest BCUT2D eigenvalue weighted by molar-refractivity contribution is -0.139. The van der Waals surface area contributed by atoms with Crippen molar-refractivity contribution in [2.24, 2.45) is 5.92 Å². The van der Waals surface area contributed by atoms with Gasteiger partial charge >= 0.3 is 6.03 Å². The highest BCUT2D eigenvalue weighted by molar-refractivity contribution is 6.00. The highest BCUT2D eigenvalue weighted by atomic mass is 19.1. The second-order valence-electron chi connectivity index (χ2n) is 6.58. The fourth-order valence-corrected chi connectivity index (χ4v) is 3.38. The van der Waals surface area contributed by atoms with E-state index in [9.17, 15) is 18.8 Å². The van der Waals surface area contributed by atoms with E-state index in [1.165, 1.54) is 6.07 Å². The third-order valence-corrected chi connectivity index (χ3v) is 4.89. The molecule has 2 aliphatic rings. The second-order valence-corrected chi connectivity index (χ2v) is 6.58. The predicted molar refractivity (Wildman–Crippen MR) is 89.1 cm³/mol. The lowest BCUT2D eigenvalue weighted by Crippen LogP contribution is -2.54. The Bertz CT molecular complexity index is 655. The summed E-state index contributed by atoms with van der Waals surface area (Å²) in [5, 5.41) is 2.57. The van der Waals surface area contributed by atoms with Gasteiger partial charge in [-0.3, -0.25) is 14.5 Å². The van der Waals surface area contributed by atoms with Crippen LogP contribution in [0.4, 0.5) is 9.18 Å². The molecule has 7 heteroatoms. The molecule has 3 rings (SSSR count). The Morgan fingerprint density at radius 3 is 2.60 bits per heavy atom. The van der Waals surface area contributed by atoms with Crippen molar-refractivity contribution in [2.45, 2.75) is 25.7 Å². The number of nitrogens with zero attached hydrogens (tertiary/aromatic N) is 2. The van der Waals surface area contributed by atoms with Gasteiger partial charge in [-0.1, -0.05) is 18.2 Å². The first kappa shape index (κ1) is 17.4. The van der Waals surface area contributed by atoms with Gasteiger partial charge < -0.3 is 10.2 Å². The van der Waals surface area contributed by atoms with Gasteiger partial charge in [-0.2, -0.15) is 0 Å². The van der Waals surface area contributed by atoms with Crippen LogP contribution in [0.1, 0.15) is 24.8 Å². The van der Waals surface area contributed by atoms with Gasteiger partial charge in [0, 0.05) is 26.1 Å². The lowest BCUT2D eigenvalue weighted by Gasteiger charge is -2.34. The first-order chi connectivity index (χ1) is 12.0. The van der Waals surface area contributed by atoms with Crippen LogP contribution >= 0.6 is 0 Å². The molecule has 0 radical (unpaired) electrons. The van der Waals surface area contributed by atoms with E-state index in [1.807, 2.05) is 6.07 Å². The van der Waals surface area contributed by atoms with E-state index in [-0.39, 0.29) is 30.6 Å². The number of urea groups is 1. The number of amides is 4. The van der Waals surface area contributed by atoms with Crippen LogP contribution in [0.25, 0.3) is 0 Å². The van der Waals surface area contributed by atoms with E-state index in [0.29, 0.717) is 37.5 Å². The van der Waals surface area contributed by atoms with Gasteiger partial charge in [-0.25, -0.2) is 9.18 Å². The number of benzene rings is 1. The summed E-state index contributed by atoms with van der Waals surface area (Å²) in [5.74, 6) is -0.377. The smallest absolute Gasteiger partial charge is 0.324 e. The van der Waals surface area contributed by atoms with Crippen LogP contribution in [-0.4, -0.2) is 53.8 Å². The van der Waals surface area contributed by atoms with Crippen molar-refractivity contribution in [3.8, 4) is 0 Å². The number of imide groups is 1. The topological polar surface area (TPSA) is 69.7 Å². The van der Waals surface area contributed by atoms with Gasteiger partial charge in [0.05, 0.1) is 0 Å². The van der Waals surface area contributed by atoms with Crippen LogP contribution in [0.15, 0.2) is 24.3 Å². The minimum absolute atomic E-state index is 0.185. The molecule has 2 aliphatic heterocycles. The number of carbonyl (C=O) groups excluding carboxylic acids is 3. The molecule has 0 aromatic heterocycles. The second kappa shape index (κ2) is 7.63. The van der Waals surface area contributed by atoms with Crippen molar-refractivity contribution in [2.75, 3.05) is 26.2 Å². The van der Waals surface area contributed by atoms with Gasteiger partial charge in [0.2, 0.25) is 11.8 Å². The molecular weight excluding hydrogens is 325 g/mol. The van der Waals surface area contributed by atoms with Crippen LogP contribution < -0.4 is 5.32 Å². The van der Waals surface area contributed by atoms with Gasteiger partial charge in [-0.15, -0.1) is 0 Å². The maximum Gasteiger partial charge on any atom is 0.324 e. The van der Waals surface area contributed by atoms with Crippen molar-refractivity contribution in [1.29, 1.82) is 0 Å². The quantitative estimate of drug-likeness (QED) is 0.898. The highest BCUT2D eigenvalue weighted by Crippen LogP contribution is 2.23. The summed E-state index contributed by atoms with van der Waals surface area (Å²) < 4.78 is 13.7. The van der Waals surface area contributed by atoms with Gasteiger partial charge in [0.1, 0.15) is 12.4 Å². The molecular formula is C18H22FN3O3. The van der Waals surface area contributed by atoms with E-state index in [1.54, 1.807) is 17.0 Å². The third-order valence-electron chi connectivity index (χ3n) is 4.89. The number of rotatable bonds is 4. The number of nitrogens with one attached hydrogen (secondary N) is 1. The summed E-state index contributed by atoms with van der Waals surface area (Å²) in [6.07, 6.45) is 2.48. The molecule has 2 heterocycles. The predicted octanol–water partition coefficient (Wildman–Crippen LogP) is 1.55. The van der Waals surface area contributed by atoms with Crippen molar-refractivity contribution in [3.63, 3.8) is 0 Å². The molecule has 6 nitrogen and oxygen atoms in total. The first-order valence-corrected chi connectivity index (χ1v) is 8.64. The van der Waals surface area contributed by atoms with E-state index >= 15 is 0 Å². The average Bonchev–Trinajstić information content (AvgIpc) is 2.61. The minimum atomic E-state index is -0.501. The van der Waals surface area contributed by atoms with Gasteiger partial charge in [0.15, 0.2) is 0 Å². The minimum Gasteiger partial charge on any atom is -0.341 e. The summed E-state index contributed by atoms with van der Waals surface area (Å²) in [6.45, 7) is 1.26. The summed E-state index contributed by atoms with van der Waals surface area (Å²) >= 11 is 0. The number of hydrogen-bond donors (Lipinski definition) is 1. The van der Waals surface area contributed by atoms with Crippen LogP contribution in [0.3, 0.4) is 0 Å². The van der Waals surface area contributed by atoms with Gasteiger partial charge in [0.25, 0.3) is 0 Å². The lowest BCUT2D eigenvalue weighted by atomic mass is 9.90. The molecule has 0 unspecified atom stereocenters. The number of likely N-dealkylation sites (tertiary alicyclic amines) is 1. The van der Waals surface area contributed by atoms with Crippen LogP contribution in [-0.2, 0) is 16.0 Å². The van der Waals surface area contributed by atoms with Crippen molar-refractivity contribution < 1.29 is 18.8 Å². The fourth-order valence-electron chi connectivity index (χ4n) is 3.38. The Balaban J connectivity index is 1.50. The summed E-state index contributed by atoms with van der Waals surface area (Å²) in [4.78, 5) is 38.5. The highest BCUT2D eigenvalue weighted by Gasteiger charge is 2.30. The Hall–Kier alpha value is -2.44. The monoisotopic (exact) mass is 347 g/mol. The van der Waals surface area contributed by atoms with E-state index in [0.717, 1.165) is 17.7 Å². The van der Waals surface area contributed by atoms with Gasteiger partial charge in [-0.05, 0) is 36.8 Å². The number of piperidine rings is 1. The Labute approximate surface area is 146 Å². The van der Waals surface area contributed by atoms with E-state index in [2.05, 4.69) is 5.32 Å². The number of hydrogen-bond acceptors (Lipinski definition) is 3. The Kier molecular flexibility index (Phi) is 5.31. The SMILES string of the molecule is O=C(CN1C(=O)CCNC1=O)N1CCC(Cc2ccccc2F)CC1. The fraction of sp³-hybridized carbons (Fsp3) is 0.500. The van der Waals surface area contributed by atoms with Crippen LogP contribution in [0.2, 0.25) is 0 Å². The molecule has 1 aromatic carbocycles. The third kappa shape index (κ3) is 4.15. The van der Waals surface area contributed by atoms with Crippen molar-refractivity contribution in [3.05, 3.63) is 35.6 Å². The molecule has 2 fully saturated rings. The molecule has 0 atom stereocenters. The average molecular weight is 347 g/mol. The maximum atomic E-state index is 13.7. The number of halogens is 1. The van der Waals surface area contributed by atoms with E-state index in [4.69, 9.17) is 0 Å². The molecule has 0 saturated carbocycles. The summed E-state index contributed by atoms with van der Waals surface area (Å²) in [5.41, 5.74) is 0.711. The van der Waals surface area contributed by atoms with Crippen molar-refractivity contribution in [1.82, 2.24) is 15.1 Å². The number of carbonyl (C=O) groups is 3. The maximum absolute atomic E-state index is 13.7. The molecule has 0 bridgehead atoms. The molecule has 134 valence electrons. The first-order valence-electron chi connectivity index (χ1n) is 8.64. The summed E-state index contributed by atoms with van der Waals surface area (Å²) in [6, 6.07) is 6.27. The summed E-state index contributed by atoms with van der Waals surface area (Å²) in [7, 11) is 0. The van der Waals surface area contributed by atoms with Crippen LogP contribution in [0, 0.1) is 11.7 Å². The van der Waals surface area contributed by atoms with Crippen LogP contribution in [0.5, 0.6) is 0 Å². The molecule has 4 amide bonds. The molecule has 1 N–H and O–H groups in total. The zero-order chi connectivity index (χ0) is 17.8. The molecule has 1 aromatic rings. The molecule has 0 aliphatic carbocycles.